The van der Waals surface area contributed by atoms with E-state index in [4.69, 9.17) is 32.3 Å². The average Bonchev–Trinajstić information content (AvgIpc) is 0.895. The van der Waals surface area contributed by atoms with Crippen LogP contribution in [0.1, 0.15) is 432 Å². The standard InChI is InChI=1S/C111H188O16P2/c1-4-7-10-13-16-19-22-25-28-31-34-37-40-43-45-47-49-51-52-54-56-57-59-62-64-67-70-73-76-79-82-85-88-91-94-97-109(114)121-100-106(112)101-123-128(117,118)124-102-107(113)103-125-129(119,120)126-105-108(127-111(116)99-96-93-90-87-84-81-78-75-72-69-66-61-42-39-36-33-30-27-24-21-18-15-12-9-6-3)104-122-110(115)98-95-92-89-86-83-80-77-74-71-68-65-63-60-58-55-53-50-48-46-44-41-38-35-32-29-26-23-20-17-14-11-8-5-2/h7-12,16-21,25-30,34-39,43-46,49,51,61,66,106-108,112-113H,4-6,13-15,22-24,31-33,40-42,47-48,50,52-60,62-65,67-105H2,1-3H3,(H,117,118)(H,119,120)/b10-7-,11-8-,12-9-,19-16-,20-17-,21-18-,28-25-,29-26-,30-27-,37-34-,38-35-,39-36-,45-43-,46-44-,51-49-,66-61-. The van der Waals surface area contributed by atoms with Crippen molar-refractivity contribution in [3.63, 3.8) is 0 Å². The van der Waals surface area contributed by atoms with E-state index >= 15 is 0 Å². The van der Waals surface area contributed by atoms with Crippen molar-refractivity contribution in [1.82, 2.24) is 0 Å². The second kappa shape index (κ2) is 101. The van der Waals surface area contributed by atoms with E-state index < -0.39 is 91.5 Å². The van der Waals surface area contributed by atoms with E-state index in [0.717, 1.165) is 173 Å². The molecule has 0 rings (SSSR count). The number of rotatable bonds is 97. The second-order valence-electron chi connectivity index (χ2n) is 34.2. The Morgan fingerprint density at radius 2 is 0.388 bits per heavy atom. The second-order valence-corrected chi connectivity index (χ2v) is 37.1. The molecule has 0 aliphatic rings. The Hall–Kier alpha value is -5.61. The number of phosphoric acid groups is 2. The number of esters is 3. The minimum atomic E-state index is -4.95. The van der Waals surface area contributed by atoms with Crippen molar-refractivity contribution in [2.75, 3.05) is 39.6 Å². The maximum atomic E-state index is 13.1. The lowest BCUT2D eigenvalue weighted by atomic mass is 10.0. The first-order chi connectivity index (χ1) is 63.2. The summed E-state index contributed by atoms with van der Waals surface area (Å²) in [6, 6.07) is 0. The molecule has 0 aromatic carbocycles. The van der Waals surface area contributed by atoms with E-state index in [1.165, 1.54) is 199 Å². The highest BCUT2D eigenvalue weighted by molar-refractivity contribution is 7.47. The fraction of sp³-hybridized carbons (Fsp3) is 0.685. The zero-order chi connectivity index (χ0) is 93.5. The van der Waals surface area contributed by atoms with Gasteiger partial charge in [0.1, 0.15) is 25.4 Å². The van der Waals surface area contributed by atoms with Gasteiger partial charge in [-0.1, -0.05) is 446 Å². The zero-order valence-corrected chi connectivity index (χ0v) is 83.6. The zero-order valence-electron chi connectivity index (χ0n) is 81.8. The number of hydrogen-bond acceptors (Lipinski definition) is 14. The largest absolute Gasteiger partial charge is 0.472 e. The minimum absolute atomic E-state index is 0.0937. The smallest absolute Gasteiger partial charge is 0.463 e. The van der Waals surface area contributed by atoms with Crippen LogP contribution in [-0.2, 0) is 55.8 Å². The summed E-state index contributed by atoms with van der Waals surface area (Å²) >= 11 is 0. The van der Waals surface area contributed by atoms with Crippen LogP contribution in [0.4, 0.5) is 0 Å². The van der Waals surface area contributed by atoms with E-state index in [2.05, 4.69) is 215 Å². The van der Waals surface area contributed by atoms with E-state index in [-0.39, 0.29) is 19.3 Å². The number of allylic oxidation sites excluding steroid dienone is 32. The van der Waals surface area contributed by atoms with Gasteiger partial charge in [0.2, 0.25) is 0 Å². The minimum Gasteiger partial charge on any atom is -0.463 e. The average molecular weight is 1840 g/mol. The number of unbranched alkanes of at least 4 members (excludes halogenated alkanes) is 42. The molecule has 0 saturated heterocycles. The Morgan fingerprint density at radius 1 is 0.217 bits per heavy atom. The summed E-state index contributed by atoms with van der Waals surface area (Å²) in [5.41, 5.74) is 0. The van der Waals surface area contributed by atoms with Crippen LogP contribution in [0.15, 0.2) is 194 Å². The van der Waals surface area contributed by atoms with Gasteiger partial charge in [-0.25, -0.2) is 9.13 Å². The van der Waals surface area contributed by atoms with Gasteiger partial charge in [0.25, 0.3) is 0 Å². The van der Waals surface area contributed by atoms with Crippen molar-refractivity contribution in [2.24, 2.45) is 0 Å². The molecule has 5 atom stereocenters. The quantitative estimate of drug-likeness (QED) is 0.0146. The predicted octanol–water partition coefficient (Wildman–Crippen LogP) is 32.9. The Balaban J connectivity index is 4.57. The third kappa shape index (κ3) is 103. The molecular formula is C111H188O16P2. The fourth-order valence-electron chi connectivity index (χ4n) is 14.1. The third-order valence-corrected chi connectivity index (χ3v) is 23.7. The number of carbonyl (C=O) groups excluding carboxylic acids is 3. The van der Waals surface area contributed by atoms with Gasteiger partial charge in [-0.3, -0.25) is 32.5 Å². The molecule has 4 N–H and O–H groups in total. The number of aliphatic hydroxyl groups is 2. The molecule has 5 unspecified atom stereocenters. The summed E-state index contributed by atoms with van der Waals surface area (Å²) < 4.78 is 61.7. The lowest BCUT2D eigenvalue weighted by Crippen LogP contribution is -2.30. The molecule has 0 aliphatic heterocycles. The van der Waals surface area contributed by atoms with Crippen LogP contribution in [0.25, 0.3) is 0 Å². The van der Waals surface area contributed by atoms with E-state index in [9.17, 15) is 43.5 Å². The van der Waals surface area contributed by atoms with Gasteiger partial charge in [0.15, 0.2) is 6.10 Å². The molecule has 16 nitrogen and oxygen atoms in total. The predicted molar refractivity (Wildman–Crippen MR) is 546 cm³/mol. The van der Waals surface area contributed by atoms with Crippen LogP contribution >= 0.6 is 15.6 Å². The molecular weight excluding hydrogens is 1650 g/mol. The molecule has 0 amide bonds. The van der Waals surface area contributed by atoms with Crippen LogP contribution in [0.5, 0.6) is 0 Å². The highest BCUT2D eigenvalue weighted by Crippen LogP contribution is 2.45. The van der Waals surface area contributed by atoms with Crippen LogP contribution < -0.4 is 0 Å². The summed E-state index contributed by atoms with van der Waals surface area (Å²) in [7, 11) is -9.82. The van der Waals surface area contributed by atoms with Crippen molar-refractivity contribution in [2.45, 2.75) is 450 Å². The monoisotopic (exact) mass is 1840 g/mol. The third-order valence-electron chi connectivity index (χ3n) is 21.8. The lowest BCUT2D eigenvalue weighted by molar-refractivity contribution is -0.161. The Labute approximate surface area is 788 Å². The number of ether oxygens (including phenoxy) is 3. The number of carbonyl (C=O) groups is 3. The summed E-state index contributed by atoms with van der Waals surface area (Å²) in [6.07, 6.45) is 136. The van der Waals surface area contributed by atoms with Gasteiger partial charge in [0.05, 0.1) is 26.4 Å². The van der Waals surface area contributed by atoms with Gasteiger partial charge in [-0.15, -0.1) is 0 Å². The molecule has 0 heterocycles. The van der Waals surface area contributed by atoms with Gasteiger partial charge in [0, 0.05) is 19.3 Å². The molecule has 0 aromatic rings. The Morgan fingerprint density at radius 3 is 0.612 bits per heavy atom. The lowest BCUT2D eigenvalue weighted by Gasteiger charge is -2.21. The molecule has 0 saturated carbocycles. The topological polar surface area (TPSA) is 231 Å². The maximum Gasteiger partial charge on any atom is 0.472 e. The molecule has 0 radical (unpaired) electrons. The van der Waals surface area contributed by atoms with E-state index in [1.807, 2.05) is 0 Å². The van der Waals surface area contributed by atoms with Crippen molar-refractivity contribution in [3.05, 3.63) is 194 Å². The maximum absolute atomic E-state index is 13.1. The number of aliphatic hydroxyl groups excluding tert-OH is 2. The molecule has 18 heteroatoms. The highest BCUT2D eigenvalue weighted by Gasteiger charge is 2.30. The SMILES string of the molecule is CC/C=C\C/C=C\C/C=C\C/C=C\C/C=C\C/C=C\CCCCCCCCCCCCCCCCCCC(=O)OCC(O)COP(=O)(O)OCC(O)COP(=O)(O)OCC(COC(=O)CCCCCCCCCCCCCCCCCCC/C=C\C/C=C\C/C=C\C/C=C\C/C=C\CC)OC(=O)CCCCCCCCCCC/C=C\C/C=C\C/C=C\C/C=C\C/C=C\CC. The molecule has 0 spiro atoms. The Kier molecular flexibility index (Phi) is 97.0. The molecule has 0 aromatic heterocycles. The van der Waals surface area contributed by atoms with Crippen molar-refractivity contribution in [3.8, 4) is 0 Å². The van der Waals surface area contributed by atoms with Crippen molar-refractivity contribution >= 4 is 33.6 Å². The fourth-order valence-corrected chi connectivity index (χ4v) is 15.7. The van der Waals surface area contributed by atoms with Crippen LogP contribution in [-0.4, -0.2) is 95.9 Å². The van der Waals surface area contributed by atoms with E-state index in [1.54, 1.807) is 0 Å². The molecule has 129 heavy (non-hydrogen) atoms. The van der Waals surface area contributed by atoms with Gasteiger partial charge < -0.3 is 34.2 Å². The summed E-state index contributed by atoms with van der Waals surface area (Å²) in [5.74, 6) is -1.57. The number of phosphoric ester groups is 2. The first kappa shape index (κ1) is 123. The van der Waals surface area contributed by atoms with Crippen LogP contribution in [0, 0.1) is 0 Å². The summed E-state index contributed by atoms with van der Waals surface area (Å²) in [4.78, 5) is 59.2. The first-order valence-corrected chi connectivity index (χ1v) is 54.7. The van der Waals surface area contributed by atoms with Gasteiger partial charge >= 0.3 is 33.6 Å². The molecule has 0 aliphatic carbocycles. The molecule has 738 valence electrons. The number of hydrogen-bond donors (Lipinski definition) is 4. The normalized spacial score (nSPS) is 14.4. The van der Waals surface area contributed by atoms with Gasteiger partial charge in [-0.2, -0.15) is 0 Å². The van der Waals surface area contributed by atoms with Crippen LogP contribution in [0.2, 0.25) is 0 Å². The first-order valence-electron chi connectivity index (χ1n) is 51.7. The van der Waals surface area contributed by atoms with E-state index in [0.29, 0.717) is 19.3 Å². The Bertz CT molecular complexity index is 3130. The molecule has 0 bridgehead atoms. The van der Waals surface area contributed by atoms with Crippen LogP contribution in [0.3, 0.4) is 0 Å². The molecule has 0 fully saturated rings. The summed E-state index contributed by atoms with van der Waals surface area (Å²) in [5, 5.41) is 20.8. The van der Waals surface area contributed by atoms with Crippen molar-refractivity contribution < 1.29 is 75.8 Å². The van der Waals surface area contributed by atoms with Crippen molar-refractivity contribution in [1.29, 1.82) is 0 Å². The summed E-state index contributed by atoms with van der Waals surface area (Å²) in [6.45, 7) is 2.40. The highest BCUT2D eigenvalue weighted by atomic mass is 31.2. The van der Waals surface area contributed by atoms with Gasteiger partial charge in [-0.05, 0) is 161 Å².